The second kappa shape index (κ2) is 6.54. The molecule has 5 nitrogen and oxygen atoms in total. The zero-order chi connectivity index (χ0) is 19.3. The molecule has 2 unspecified atom stereocenters. The van der Waals surface area contributed by atoms with Gasteiger partial charge in [0.15, 0.2) is 0 Å². The van der Waals surface area contributed by atoms with Crippen molar-refractivity contribution in [2.45, 2.75) is 51.0 Å². The maximum atomic E-state index is 12.7. The first kappa shape index (κ1) is 18.3. The van der Waals surface area contributed by atoms with Crippen molar-refractivity contribution < 1.29 is 14.3 Å². The van der Waals surface area contributed by atoms with Gasteiger partial charge < -0.3 is 15.0 Å². The molecule has 0 aromatic heterocycles. The van der Waals surface area contributed by atoms with Crippen molar-refractivity contribution in [2.75, 3.05) is 20.2 Å². The molecule has 1 aliphatic heterocycles. The van der Waals surface area contributed by atoms with Gasteiger partial charge in [-0.25, -0.2) is 4.79 Å². The summed E-state index contributed by atoms with van der Waals surface area (Å²) in [7, 11) is 1.36. The fourth-order valence-corrected chi connectivity index (χ4v) is 4.83. The zero-order valence-electron chi connectivity index (χ0n) is 16.7. The van der Waals surface area contributed by atoms with E-state index in [2.05, 4.69) is 60.0 Å². The smallest absolute Gasteiger partial charge is 0.407 e. The number of amides is 2. The Morgan fingerprint density at radius 1 is 1.15 bits per heavy atom. The summed E-state index contributed by atoms with van der Waals surface area (Å²) in [6, 6.07) is 9.09. The van der Waals surface area contributed by atoms with E-state index in [0.29, 0.717) is 17.8 Å². The lowest BCUT2D eigenvalue weighted by Crippen LogP contribution is -2.50. The molecule has 0 radical (unpaired) electrons. The van der Waals surface area contributed by atoms with Crippen LogP contribution in [0.4, 0.5) is 4.79 Å². The number of likely N-dealkylation sites (tertiary alicyclic amines) is 1. The number of rotatable bonds is 3. The molecule has 2 aliphatic carbocycles. The van der Waals surface area contributed by atoms with E-state index in [4.69, 9.17) is 0 Å². The first-order chi connectivity index (χ1) is 12.8. The number of methoxy groups -OCH3 is 1. The van der Waals surface area contributed by atoms with Crippen LogP contribution in [-0.2, 0) is 14.9 Å². The van der Waals surface area contributed by atoms with Gasteiger partial charge in [-0.05, 0) is 47.1 Å². The summed E-state index contributed by atoms with van der Waals surface area (Å²) in [6.07, 6.45) is 1.06. The van der Waals surface area contributed by atoms with Crippen LogP contribution in [0.15, 0.2) is 24.3 Å². The second-order valence-electron chi connectivity index (χ2n) is 9.47. The minimum atomic E-state index is -0.409. The minimum absolute atomic E-state index is 0.0623. The Balaban J connectivity index is 1.29. The molecule has 2 atom stereocenters. The number of fused-ring (bicyclic) bond motifs is 1. The Morgan fingerprint density at radius 3 is 2.41 bits per heavy atom. The summed E-state index contributed by atoms with van der Waals surface area (Å²) in [4.78, 5) is 26.0. The van der Waals surface area contributed by atoms with Crippen molar-refractivity contribution in [2.24, 2.45) is 17.8 Å². The molecular weight excluding hydrogens is 340 g/mol. The lowest BCUT2D eigenvalue weighted by Gasteiger charge is -2.37. The predicted octanol–water partition coefficient (Wildman–Crippen LogP) is 3.29. The maximum absolute atomic E-state index is 12.7. The molecule has 3 aliphatic rings. The summed E-state index contributed by atoms with van der Waals surface area (Å²) in [5, 5.41) is 2.77. The average molecular weight is 370 g/mol. The van der Waals surface area contributed by atoms with Crippen molar-refractivity contribution in [3.05, 3.63) is 35.4 Å². The van der Waals surface area contributed by atoms with Gasteiger partial charge in [0.2, 0.25) is 5.91 Å². The van der Waals surface area contributed by atoms with Crippen LogP contribution in [0, 0.1) is 17.8 Å². The standard InChI is InChI=1S/C22H30N2O3/c1-22(2,3)15-7-5-6-13(8-15)19-17-11-24(12-18(17)19)20(25)14-9-16(10-14)23-21(26)27-4/h5-8,14,16-19H,9-12H2,1-4H3,(H,23,26). The number of alkyl carbamates (subject to hydrolysis) is 1. The quantitative estimate of drug-likeness (QED) is 0.888. The number of carbonyl (C=O) groups is 2. The molecule has 1 heterocycles. The zero-order valence-corrected chi connectivity index (χ0v) is 16.7. The predicted molar refractivity (Wildman–Crippen MR) is 103 cm³/mol. The fraction of sp³-hybridized carbons (Fsp3) is 0.636. The number of hydrogen-bond acceptors (Lipinski definition) is 3. The van der Waals surface area contributed by atoms with Crippen LogP contribution in [0.5, 0.6) is 0 Å². The van der Waals surface area contributed by atoms with Gasteiger partial charge in [-0.3, -0.25) is 4.79 Å². The Labute approximate surface area is 161 Å². The van der Waals surface area contributed by atoms with E-state index in [9.17, 15) is 9.59 Å². The minimum Gasteiger partial charge on any atom is -0.453 e. The second-order valence-corrected chi connectivity index (χ2v) is 9.47. The number of carbonyl (C=O) groups excluding carboxylic acids is 2. The normalized spacial score (nSPS) is 31.7. The Morgan fingerprint density at radius 2 is 1.81 bits per heavy atom. The summed E-state index contributed by atoms with van der Waals surface area (Å²) in [5.74, 6) is 2.19. The number of piperidine rings is 1. The van der Waals surface area contributed by atoms with Crippen LogP contribution in [0.2, 0.25) is 0 Å². The van der Waals surface area contributed by atoms with Crippen molar-refractivity contribution in [1.29, 1.82) is 0 Å². The fourth-order valence-electron chi connectivity index (χ4n) is 4.83. The van der Waals surface area contributed by atoms with Crippen LogP contribution < -0.4 is 5.32 Å². The van der Waals surface area contributed by atoms with Crippen molar-refractivity contribution in [3.8, 4) is 0 Å². The van der Waals surface area contributed by atoms with Crippen LogP contribution in [-0.4, -0.2) is 43.1 Å². The van der Waals surface area contributed by atoms with Gasteiger partial charge in [-0.15, -0.1) is 0 Å². The van der Waals surface area contributed by atoms with E-state index in [1.807, 2.05) is 0 Å². The number of nitrogens with zero attached hydrogens (tertiary/aromatic N) is 1. The molecule has 1 saturated heterocycles. The third-order valence-corrected chi connectivity index (χ3v) is 6.64. The van der Waals surface area contributed by atoms with Crippen LogP contribution >= 0.6 is 0 Å². The molecule has 0 bridgehead atoms. The van der Waals surface area contributed by atoms with Gasteiger partial charge >= 0.3 is 6.09 Å². The monoisotopic (exact) mass is 370 g/mol. The van der Waals surface area contributed by atoms with Crippen LogP contribution in [0.25, 0.3) is 0 Å². The first-order valence-electron chi connectivity index (χ1n) is 10.0. The Hall–Kier alpha value is -2.04. The third kappa shape index (κ3) is 3.44. The van der Waals surface area contributed by atoms with Gasteiger partial charge in [0.25, 0.3) is 0 Å². The SMILES string of the molecule is COC(=O)NC1CC(C(=O)N2CC3C(C2)C3c2cccc(C(C)(C)C)c2)C1. The summed E-state index contributed by atoms with van der Waals surface area (Å²) >= 11 is 0. The molecule has 146 valence electrons. The van der Waals surface area contributed by atoms with Crippen LogP contribution in [0.1, 0.15) is 50.7 Å². The van der Waals surface area contributed by atoms with Gasteiger partial charge in [0, 0.05) is 25.0 Å². The van der Waals surface area contributed by atoms with E-state index < -0.39 is 6.09 Å². The van der Waals surface area contributed by atoms with Gasteiger partial charge in [-0.1, -0.05) is 45.0 Å². The van der Waals surface area contributed by atoms with Gasteiger partial charge in [0.05, 0.1) is 7.11 Å². The number of nitrogens with one attached hydrogen (secondary N) is 1. The highest BCUT2D eigenvalue weighted by Gasteiger charge is 2.57. The average Bonchev–Trinajstić information content (AvgIpc) is 3.10. The maximum Gasteiger partial charge on any atom is 0.407 e. The molecule has 1 aromatic carbocycles. The van der Waals surface area contributed by atoms with E-state index in [-0.39, 0.29) is 23.3 Å². The third-order valence-electron chi connectivity index (χ3n) is 6.64. The van der Waals surface area contributed by atoms with Gasteiger partial charge in [-0.2, -0.15) is 0 Å². The van der Waals surface area contributed by atoms with Gasteiger partial charge in [0.1, 0.15) is 0 Å². The molecule has 1 N–H and O–H groups in total. The largest absolute Gasteiger partial charge is 0.453 e. The molecule has 1 aromatic rings. The highest BCUT2D eigenvalue weighted by atomic mass is 16.5. The molecule has 3 fully saturated rings. The number of benzene rings is 1. The summed E-state index contributed by atoms with van der Waals surface area (Å²) < 4.78 is 4.61. The van der Waals surface area contributed by atoms with E-state index in [1.165, 1.54) is 18.2 Å². The Bertz CT molecular complexity index is 736. The van der Waals surface area contributed by atoms with Crippen molar-refractivity contribution in [3.63, 3.8) is 0 Å². The topological polar surface area (TPSA) is 58.6 Å². The highest BCUT2D eigenvalue weighted by molar-refractivity contribution is 5.81. The molecule has 4 rings (SSSR count). The molecule has 27 heavy (non-hydrogen) atoms. The molecule has 2 amide bonds. The highest BCUT2D eigenvalue weighted by Crippen LogP contribution is 2.58. The molecule has 5 heteroatoms. The van der Waals surface area contributed by atoms with E-state index >= 15 is 0 Å². The van der Waals surface area contributed by atoms with E-state index in [0.717, 1.165) is 25.9 Å². The summed E-state index contributed by atoms with van der Waals surface area (Å²) in [6.45, 7) is 8.53. The number of ether oxygens (including phenoxy) is 1. The molecule has 0 spiro atoms. The molecule has 2 saturated carbocycles. The lowest BCUT2D eigenvalue weighted by atomic mass is 9.79. The first-order valence-corrected chi connectivity index (χ1v) is 10.0. The van der Waals surface area contributed by atoms with Crippen molar-refractivity contribution >= 4 is 12.0 Å². The summed E-state index contributed by atoms with van der Waals surface area (Å²) in [5.41, 5.74) is 2.99. The molecular formula is C22H30N2O3. The Kier molecular flexibility index (Phi) is 4.44. The van der Waals surface area contributed by atoms with Crippen LogP contribution in [0.3, 0.4) is 0 Å². The number of hydrogen-bond donors (Lipinski definition) is 1. The lowest BCUT2D eigenvalue weighted by molar-refractivity contribution is -0.138. The van der Waals surface area contributed by atoms with E-state index in [1.54, 1.807) is 0 Å². The van der Waals surface area contributed by atoms with Crippen molar-refractivity contribution in [1.82, 2.24) is 10.2 Å².